The Labute approximate surface area is 245 Å². The lowest BCUT2D eigenvalue weighted by atomic mass is 9.85. The van der Waals surface area contributed by atoms with Crippen molar-refractivity contribution in [3.05, 3.63) is 47.5 Å². The van der Waals surface area contributed by atoms with Crippen molar-refractivity contribution in [1.29, 1.82) is 0 Å². The number of ether oxygens (including phenoxy) is 1. The van der Waals surface area contributed by atoms with Crippen molar-refractivity contribution in [2.45, 2.75) is 122 Å². The van der Waals surface area contributed by atoms with Crippen molar-refractivity contribution < 1.29 is 18.0 Å². The normalized spacial score (nSPS) is 19.1. The van der Waals surface area contributed by atoms with Crippen molar-refractivity contribution in [2.75, 3.05) is 31.2 Å². The van der Waals surface area contributed by atoms with Crippen LogP contribution in [0.5, 0.6) is 0 Å². The van der Waals surface area contributed by atoms with Gasteiger partial charge in [0.15, 0.2) is 16.6 Å². The van der Waals surface area contributed by atoms with E-state index in [0.717, 1.165) is 98.1 Å². The standard InChI is InChI=1S/C32H54N2O4Si2/c1-7-39(8-2,9-3)37-29(27-19-15-13-16-20-27)28-30(34-23-25-35-26-24-34)36-31(33-28)32(21-17-14-18-22-32)38-40(10-4,11-5)12-6/h13,15-16,19-20,29H,7-12,14,17-18,21-26H2,1-6H3. The molecular weight excluding hydrogens is 533 g/mol. The Balaban J connectivity index is 1.88. The van der Waals surface area contributed by atoms with E-state index in [2.05, 4.69) is 76.8 Å². The van der Waals surface area contributed by atoms with Crippen LogP contribution in [0.1, 0.15) is 96.9 Å². The van der Waals surface area contributed by atoms with Gasteiger partial charge in [-0.15, -0.1) is 0 Å². The van der Waals surface area contributed by atoms with Crippen LogP contribution in [0.15, 0.2) is 34.7 Å². The third kappa shape index (κ3) is 6.61. The van der Waals surface area contributed by atoms with Gasteiger partial charge < -0.3 is 22.9 Å². The molecule has 0 N–H and O–H groups in total. The first kappa shape index (κ1) is 31.5. The molecule has 0 amide bonds. The van der Waals surface area contributed by atoms with Gasteiger partial charge in [0.1, 0.15) is 17.4 Å². The molecule has 1 aromatic heterocycles. The van der Waals surface area contributed by atoms with Gasteiger partial charge in [-0.2, -0.15) is 0 Å². The quantitative estimate of drug-likeness (QED) is 0.206. The fourth-order valence-electron chi connectivity index (χ4n) is 6.71. The maximum Gasteiger partial charge on any atom is 0.228 e. The van der Waals surface area contributed by atoms with Crippen LogP contribution in [0.2, 0.25) is 36.3 Å². The SMILES string of the molecule is CC[Si](CC)(CC)OC(c1ccccc1)c1nc(C2(O[Si](CC)(CC)CC)CCCCC2)oc1N1CCOCC1. The highest BCUT2D eigenvalue weighted by Gasteiger charge is 2.48. The Bertz CT molecular complexity index is 1010. The lowest BCUT2D eigenvalue weighted by Gasteiger charge is -2.42. The fraction of sp³-hybridized carbons (Fsp3) is 0.719. The van der Waals surface area contributed by atoms with Gasteiger partial charge in [-0.05, 0) is 54.7 Å². The average Bonchev–Trinajstić information content (AvgIpc) is 3.48. The highest BCUT2D eigenvalue weighted by molar-refractivity contribution is 6.74. The second-order valence-corrected chi connectivity index (χ2v) is 21.3. The molecule has 0 radical (unpaired) electrons. The van der Waals surface area contributed by atoms with Crippen LogP contribution in [-0.2, 0) is 19.2 Å². The molecule has 224 valence electrons. The van der Waals surface area contributed by atoms with Gasteiger partial charge in [0.05, 0.1) is 13.2 Å². The van der Waals surface area contributed by atoms with Crippen LogP contribution < -0.4 is 4.90 Å². The summed E-state index contributed by atoms with van der Waals surface area (Å²) in [6, 6.07) is 17.3. The van der Waals surface area contributed by atoms with Crippen LogP contribution in [0, 0.1) is 0 Å². The van der Waals surface area contributed by atoms with Gasteiger partial charge in [-0.25, -0.2) is 4.98 Å². The summed E-state index contributed by atoms with van der Waals surface area (Å²) >= 11 is 0. The van der Waals surface area contributed by atoms with Gasteiger partial charge in [0.2, 0.25) is 11.8 Å². The third-order valence-electron chi connectivity index (χ3n) is 9.98. The Morgan fingerprint density at radius 1 is 0.825 bits per heavy atom. The molecule has 2 fully saturated rings. The highest BCUT2D eigenvalue weighted by atomic mass is 28.4. The van der Waals surface area contributed by atoms with Crippen molar-refractivity contribution in [3.63, 3.8) is 0 Å². The summed E-state index contributed by atoms with van der Waals surface area (Å²) < 4.78 is 27.5. The zero-order valence-electron chi connectivity index (χ0n) is 26.1. The van der Waals surface area contributed by atoms with Crippen molar-refractivity contribution in [3.8, 4) is 0 Å². The van der Waals surface area contributed by atoms with E-state index in [9.17, 15) is 0 Å². The number of rotatable bonds is 14. The fourth-order valence-corrected chi connectivity index (χ4v) is 12.5. The lowest BCUT2D eigenvalue weighted by molar-refractivity contribution is -0.00972. The molecule has 1 aliphatic heterocycles. The first-order chi connectivity index (χ1) is 19.4. The number of anilines is 1. The first-order valence-corrected chi connectivity index (χ1v) is 21.3. The molecular formula is C32H54N2O4Si2. The number of nitrogens with zero attached hydrogens (tertiary/aromatic N) is 2. The molecule has 1 saturated carbocycles. The molecule has 1 atom stereocenters. The highest BCUT2D eigenvalue weighted by Crippen LogP contribution is 2.47. The van der Waals surface area contributed by atoms with Crippen LogP contribution in [-0.4, -0.2) is 47.9 Å². The van der Waals surface area contributed by atoms with Crippen LogP contribution in [0.4, 0.5) is 5.88 Å². The molecule has 40 heavy (non-hydrogen) atoms. The Hall–Kier alpha value is -1.46. The lowest BCUT2D eigenvalue weighted by Crippen LogP contribution is -2.47. The number of aromatic nitrogens is 1. The van der Waals surface area contributed by atoms with Gasteiger partial charge in [-0.1, -0.05) is 91.1 Å². The van der Waals surface area contributed by atoms with E-state index in [1.807, 2.05) is 0 Å². The molecule has 4 rings (SSSR count). The van der Waals surface area contributed by atoms with Gasteiger partial charge in [-0.3, -0.25) is 0 Å². The minimum atomic E-state index is -1.97. The van der Waals surface area contributed by atoms with Crippen molar-refractivity contribution in [1.82, 2.24) is 4.98 Å². The van der Waals surface area contributed by atoms with Crippen LogP contribution in [0.3, 0.4) is 0 Å². The monoisotopic (exact) mass is 586 g/mol. The molecule has 6 nitrogen and oxygen atoms in total. The Kier molecular flexibility index (Phi) is 11.1. The van der Waals surface area contributed by atoms with E-state index < -0.39 is 22.2 Å². The minimum Gasteiger partial charge on any atom is -0.422 e. The molecule has 1 unspecified atom stereocenters. The van der Waals surface area contributed by atoms with Crippen molar-refractivity contribution >= 4 is 22.5 Å². The molecule has 1 aliphatic carbocycles. The second-order valence-electron chi connectivity index (χ2n) is 11.9. The molecule has 2 heterocycles. The van der Waals surface area contributed by atoms with E-state index in [4.69, 9.17) is 23.0 Å². The summed E-state index contributed by atoms with van der Waals surface area (Å²) in [4.78, 5) is 7.81. The Morgan fingerprint density at radius 2 is 1.40 bits per heavy atom. The summed E-state index contributed by atoms with van der Waals surface area (Å²) in [5, 5.41) is 0. The number of benzene rings is 1. The van der Waals surface area contributed by atoms with E-state index in [1.54, 1.807) is 0 Å². The molecule has 1 aromatic carbocycles. The summed E-state index contributed by atoms with van der Waals surface area (Å²) in [5.74, 6) is 1.65. The third-order valence-corrected chi connectivity index (χ3v) is 19.3. The molecule has 8 heteroatoms. The van der Waals surface area contributed by atoms with Gasteiger partial charge in [0, 0.05) is 13.1 Å². The van der Waals surface area contributed by atoms with Crippen LogP contribution >= 0.6 is 0 Å². The topological polar surface area (TPSA) is 57.0 Å². The largest absolute Gasteiger partial charge is 0.422 e. The van der Waals surface area contributed by atoms with Gasteiger partial charge >= 0.3 is 0 Å². The van der Waals surface area contributed by atoms with Gasteiger partial charge in [0.25, 0.3) is 0 Å². The van der Waals surface area contributed by atoms with E-state index >= 15 is 0 Å². The first-order valence-electron chi connectivity index (χ1n) is 16.2. The molecule has 1 saturated heterocycles. The molecule has 0 spiro atoms. The minimum absolute atomic E-state index is 0.255. The maximum absolute atomic E-state index is 7.41. The zero-order chi connectivity index (χ0) is 28.6. The number of oxazole rings is 1. The van der Waals surface area contributed by atoms with Crippen molar-refractivity contribution in [2.24, 2.45) is 0 Å². The second kappa shape index (κ2) is 14.1. The van der Waals surface area contributed by atoms with E-state index in [1.165, 1.54) is 6.42 Å². The number of hydrogen-bond acceptors (Lipinski definition) is 6. The Morgan fingerprint density at radius 3 is 1.95 bits per heavy atom. The number of hydrogen-bond donors (Lipinski definition) is 0. The predicted molar refractivity (Wildman–Crippen MR) is 169 cm³/mol. The van der Waals surface area contributed by atoms with E-state index in [-0.39, 0.29) is 6.10 Å². The van der Waals surface area contributed by atoms with Crippen LogP contribution in [0.25, 0.3) is 0 Å². The molecule has 2 aromatic rings. The average molecular weight is 587 g/mol. The maximum atomic E-state index is 7.41. The summed E-state index contributed by atoms with van der Waals surface area (Å²) in [6.07, 6.45) is 5.28. The summed E-state index contributed by atoms with van der Waals surface area (Å²) in [6.45, 7) is 16.8. The zero-order valence-corrected chi connectivity index (χ0v) is 28.1. The summed E-state index contributed by atoms with van der Waals surface area (Å²) in [5.41, 5.74) is 1.64. The van der Waals surface area contributed by atoms with E-state index in [0.29, 0.717) is 13.2 Å². The number of morpholine rings is 1. The molecule has 0 bridgehead atoms. The summed E-state index contributed by atoms with van der Waals surface area (Å²) in [7, 11) is -3.88. The smallest absolute Gasteiger partial charge is 0.228 e. The predicted octanol–water partition coefficient (Wildman–Crippen LogP) is 8.80. The molecule has 2 aliphatic rings.